The van der Waals surface area contributed by atoms with E-state index >= 15 is 0 Å². The molecule has 30 heavy (non-hydrogen) atoms. The fraction of sp³-hybridized carbons (Fsp3) is 0.864. The highest BCUT2D eigenvalue weighted by Crippen LogP contribution is 2.33. The molecule has 0 aromatic carbocycles. The van der Waals surface area contributed by atoms with Gasteiger partial charge in [-0.2, -0.15) is 0 Å². The molecule has 4 heterocycles. The van der Waals surface area contributed by atoms with Crippen LogP contribution in [0.25, 0.3) is 0 Å². The van der Waals surface area contributed by atoms with Crippen molar-refractivity contribution in [2.24, 2.45) is 7.05 Å². The third kappa shape index (κ3) is 4.86. The molecule has 1 aromatic heterocycles. The summed E-state index contributed by atoms with van der Waals surface area (Å²) in [4.78, 5) is 20.1. The van der Waals surface area contributed by atoms with Crippen LogP contribution in [0.4, 0.5) is 0 Å². The van der Waals surface area contributed by atoms with Crippen LogP contribution in [-0.4, -0.2) is 85.9 Å². The molecule has 3 aliphatic heterocycles. The minimum Gasteiger partial charge on any atom is -0.336 e. The summed E-state index contributed by atoms with van der Waals surface area (Å²) < 4.78 is 2.16. The summed E-state index contributed by atoms with van der Waals surface area (Å²) in [6, 6.07) is 0.918. The van der Waals surface area contributed by atoms with Crippen molar-refractivity contribution in [3.8, 4) is 0 Å². The molecular weight excluding hydrogens is 396 g/mol. The molecule has 7 nitrogen and oxygen atoms in total. The monoisotopic (exact) mass is 434 g/mol. The second-order valence-electron chi connectivity index (χ2n) is 9.36. The lowest BCUT2D eigenvalue weighted by atomic mass is 9.97. The highest BCUT2D eigenvalue weighted by molar-refractivity contribution is 7.99. The largest absolute Gasteiger partial charge is 0.336 e. The first-order valence-electron chi connectivity index (χ1n) is 11.8. The van der Waals surface area contributed by atoms with Gasteiger partial charge in [-0.15, -0.1) is 10.2 Å². The van der Waals surface area contributed by atoms with Crippen molar-refractivity contribution in [2.45, 2.75) is 82.1 Å². The topological polar surface area (TPSA) is 57.5 Å². The van der Waals surface area contributed by atoms with Crippen LogP contribution in [0.3, 0.4) is 0 Å². The van der Waals surface area contributed by atoms with Gasteiger partial charge in [-0.05, 0) is 78.4 Å². The summed E-state index contributed by atoms with van der Waals surface area (Å²) >= 11 is 1.81. The zero-order valence-corrected chi connectivity index (χ0v) is 19.7. The Morgan fingerprint density at radius 1 is 1.00 bits per heavy atom. The Morgan fingerprint density at radius 3 is 2.47 bits per heavy atom. The van der Waals surface area contributed by atoms with Crippen LogP contribution in [-0.2, 0) is 11.8 Å². The predicted molar refractivity (Wildman–Crippen MR) is 121 cm³/mol. The van der Waals surface area contributed by atoms with Gasteiger partial charge in [0.05, 0.1) is 12.6 Å². The molecule has 0 bridgehead atoms. The van der Waals surface area contributed by atoms with Gasteiger partial charge in [0.25, 0.3) is 0 Å². The number of carbonyl (C=O) groups is 1. The van der Waals surface area contributed by atoms with Crippen molar-refractivity contribution in [1.29, 1.82) is 0 Å². The predicted octanol–water partition coefficient (Wildman–Crippen LogP) is 2.93. The second-order valence-corrected chi connectivity index (χ2v) is 10.4. The number of thioether (sulfide) groups is 1. The van der Waals surface area contributed by atoms with Crippen LogP contribution >= 0.6 is 11.8 Å². The number of piperidine rings is 1. The first kappa shape index (κ1) is 22.1. The first-order chi connectivity index (χ1) is 14.5. The Balaban J connectivity index is 1.36. The maximum Gasteiger partial charge on any atom is 0.237 e. The third-order valence-corrected chi connectivity index (χ3v) is 8.19. The maximum atomic E-state index is 13.1. The van der Waals surface area contributed by atoms with Crippen molar-refractivity contribution >= 4 is 17.7 Å². The average Bonchev–Trinajstić information content (AvgIpc) is 3.45. The number of rotatable bonds is 7. The molecule has 4 rings (SSSR count). The lowest BCUT2D eigenvalue weighted by molar-refractivity contribution is -0.138. The molecule has 168 valence electrons. The zero-order chi connectivity index (χ0) is 21.1. The molecule has 0 spiro atoms. The normalized spacial score (nSPS) is 28.5. The molecular formula is C22H38N6OS. The molecule has 3 atom stereocenters. The number of amides is 1. The van der Waals surface area contributed by atoms with Crippen LogP contribution in [0, 0.1) is 0 Å². The summed E-state index contributed by atoms with van der Waals surface area (Å²) in [5.41, 5.74) is 0. The third-order valence-electron chi connectivity index (χ3n) is 7.19. The summed E-state index contributed by atoms with van der Waals surface area (Å²) in [6.45, 7) is 9.48. The minimum atomic E-state index is 0.204. The molecule has 3 aliphatic rings. The van der Waals surface area contributed by atoms with Crippen molar-refractivity contribution in [1.82, 2.24) is 29.5 Å². The quantitative estimate of drug-likeness (QED) is 0.615. The fourth-order valence-corrected chi connectivity index (χ4v) is 6.41. The highest BCUT2D eigenvalue weighted by atomic mass is 32.2. The molecule has 1 aromatic rings. The van der Waals surface area contributed by atoms with Crippen LogP contribution in [0.15, 0.2) is 5.16 Å². The molecule has 0 aliphatic carbocycles. The molecule has 0 N–H and O–H groups in total. The van der Waals surface area contributed by atoms with Gasteiger partial charge < -0.3 is 14.4 Å². The lowest BCUT2D eigenvalue weighted by Crippen LogP contribution is -2.51. The van der Waals surface area contributed by atoms with Gasteiger partial charge in [-0.25, -0.2) is 0 Å². The Labute approximate surface area is 185 Å². The number of nitrogens with zero attached hydrogens (tertiary/aromatic N) is 6. The molecule has 3 fully saturated rings. The van der Waals surface area contributed by atoms with Crippen LogP contribution in [0.5, 0.6) is 0 Å². The SMILES string of the molecule is C[C@@H]1CCC[C@@H](C)N1C(=O)CN1CCC[C@@H]1c1nnc(SCCN2CCCC2)n1C. The molecule has 0 unspecified atom stereocenters. The summed E-state index contributed by atoms with van der Waals surface area (Å²) in [6.07, 6.45) is 8.33. The molecule has 8 heteroatoms. The molecule has 0 radical (unpaired) electrons. The van der Waals surface area contributed by atoms with E-state index in [9.17, 15) is 4.79 Å². The summed E-state index contributed by atoms with van der Waals surface area (Å²) in [5.74, 6) is 2.36. The van der Waals surface area contributed by atoms with E-state index in [4.69, 9.17) is 0 Å². The first-order valence-corrected chi connectivity index (χ1v) is 12.8. The van der Waals surface area contributed by atoms with Crippen molar-refractivity contribution in [3.63, 3.8) is 0 Å². The van der Waals surface area contributed by atoms with Crippen molar-refractivity contribution < 1.29 is 4.79 Å². The zero-order valence-electron chi connectivity index (χ0n) is 18.9. The fourth-order valence-electron chi connectivity index (χ4n) is 5.49. The van der Waals surface area contributed by atoms with E-state index in [1.165, 1.54) is 32.4 Å². The lowest BCUT2D eigenvalue weighted by Gasteiger charge is -2.40. The summed E-state index contributed by atoms with van der Waals surface area (Å²) in [7, 11) is 2.08. The van der Waals surface area contributed by atoms with E-state index in [2.05, 4.69) is 50.4 Å². The van der Waals surface area contributed by atoms with Crippen LogP contribution in [0.1, 0.15) is 70.7 Å². The van der Waals surface area contributed by atoms with Crippen LogP contribution < -0.4 is 0 Å². The van der Waals surface area contributed by atoms with E-state index < -0.39 is 0 Å². The Hall–Kier alpha value is -1.12. The standard InChI is InChI=1S/C22H38N6OS/c1-17-8-6-9-18(2)28(17)20(29)16-27-13-7-10-19(27)21-23-24-22(25(21)3)30-15-14-26-11-4-5-12-26/h17-19H,4-16H2,1-3H3/t17-,18-,19-/m1/s1. The van der Waals surface area contributed by atoms with Crippen molar-refractivity contribution in [2.75, 3.05) is 38.5 Å². The van der Waals surface area contributed by atoms with E-state index in [-0.39, 0.29) is 11.9 Å². The number of hydrogen-bond acceptors (Lipinski definition) is 6. The van der Waals surface area contributed by atoms with Crippen LogP contribution in [0.2, 0.25) is 0 Å². The molecule has 1 amide bonds. The van der Waals surface area contributed by atoms with Crippen molar-refractivity contribution in [3.05, 3.63) is 5.82 Å². The second kappa shape index (κ2) is 10.0. The molecule has 3 saturated heterocycles. The van der Waals surface area contributed by atoms with Gasteiger partial charge in [0.15, 0.2) is 11.0 Å². The number of aromatic nitrogens is 3. The highest BCUT2D eigenvalue weighted by Gasteiger charge is 2.35. The van der Waals surface area contributed by atoms with E-state index in [1.54, 1.807) is 11.8 Å². The van der Waals surface area contributed by atoms with Gasteiger partial charge in [0, 0.05) is 31.4 Å². The number of likely N-dealkylation sites (tertiary alicyclic amines) is 3. The van der Waals surface area contributed by atoms with E-state index in [1.807, 2.05) is 0 Å². The van der Waals surface area contributed by atoms with Gasteiger partial charge in [-0.1, -0.05) is 11.8 Å². The van der Waals surface area contributed by atoms with Gasteiger partial charge in [0.1, 0.15) is 0 Å². The average molecular weight is 435 g/mol. The Bertz CT molecular complexity index is 708. The van der Waals surface area contributed by atoms with E-state index in [0.29, 0.717) is 18.6 Å². The Kier molecular flexibility index (Phi) is 7.36. The smallest absolute Gasteiger partial charge is 0.237 e. The maximum absolute atomic E-state index is 13.1. The minimum absolute atomic E-state index is 0.204. The summed E-state index contributed by atoms with van der Waals surface area (Å²) in [5, 5.41) is 10.0. The number of hydrogen-bond donors (Lipinski definition) is 0. The van der Waals surface area contributed by atoms with E-state index in [0.717, 1.165) is 55.5 Å². The molecule has 0 saturated carbocycles. The van der Waals surface area contributed by atoms with Gasteiger partial charge in [-0.3, -0.25) is 9.69 Å². The number of carbonyl (C=O) groups excluding carboxylic acids is 1. The van der Waals surface area contributed by atoms with Gasteiger partial charge in [0.2, 0.25) is 5.91 Å². The van der Waals surface area contributed by atoms with Gasteiger partial charge >= 0.3 is 0 Å². The Morgan fingerprint density at radius 2 is 1.73 bits per heavy atom.